The van der Waals surface area contributed by atoms with Gasteiger partial charge in [0.05, 0.1) is 5.39 Å². The van der Waals surface area contributed by atoms with Gasteiger partial charge in [-0.3, -0.25) is 0 Å². The Kier molecular flexibility index (Phi) is 4.80. The molecule has 0 unspecified atom stereocenters. The Morgan fingerprint density at radius 2 is 1.80 bits per heavy atom. The maximum absolute atomic E-state index is 4.55. The van der Waals surface area contributed by atoms with Gasteiger partial charge in [0.25, 0.3) is 0 Å². The van der Waals surface area contributed by atoms with Crippen LogP contribution in [0.1, 0.15) is 56.0 Å². The molecule has 4 heteroatoms. The summed E-state index contributed by atoms with van der Waals surface area (Å²) in [7, 11) is 0. The SMILES string of the molecule is Cc1ccc(Nc2ncnc3[nH]c(CC(C)C)c(C(C)C)c23)cc1C. The van der Waals surface area contributed by atoms with Crippen LogP contribution in [0.2, 0.25) is 0 Å². The van der Waals surface area contributed by atoms with Gasteiger partial charge in [-0.05, 0) is 60.9 Å². The number of H-pyrrole nitrogens is 1. The molecule has 1 aromatic carbocycles. The van der Waals surface area contributed by atoms with Crippen molar-refractivity contribution in [2.45, 2.75) is 53.9 Å². The largest absolute Gasteiger partial charge is 0.343 e. The highest BCUT2D eigenvalue weighted by molar-refractivity contribution is 5.93. The molecule has 25 heavy (non-hydrogen) atoms. The van der Waals surface area contributed by atoms with Crippen molar-refractivity contribution in [2.75, 3.05) is 5.32 Å². The first-order valence-corrected chi connectivity index (χ1v) is 9.06. The second-order valence-electron chi connectivity index (χ2n) is 7.64. The smallest absolute Gasteiger partial charge is 0.143 e. The molecular formula is C21H28N4. The Morgan fingerprint density at radius 3 is 2.44 bits per heavy atom. The third-order valence-corrected chi connectivity index (χ3v) is 4.67. The average Bonchev–Trinajstić information content (AvgIpc) is 2.89. The van der Waals surface area contributed by atoms with E-state index in [1.54, 1.807) is 6.33 Å². The first-order chi connectivity index (χ1) is 11.9. The number of nitrogens with zero attached hydrogens (tertiary/aromatic N) is 2. The fraction of sp³-hybridized carbons (Fsp3) is 0.429. The number of aryl methyl sites for hydroxylation is 2. The summed E-state index contributed by atoms with van der Waals surface area (Å²) in [4.78, 5) is 12.6. The van der Waals surface area contributed by atoms with E-state index in [1.807, 2.05) is 0 Å². The summed E-state index contributed by atoms with van der Waals surface area (Å²) in [6.07, 6.45) is 2.65. The van der Waals surface area contributed by atoms with Crippen LogP contribution < -0.4 is 5.32 Å². The summed E-state index contributed by atoms with van der Waals surface area (Å²) in [6, 6.07) is 6.41. The maximum Gasteiger partial charge on any atom is 0.143 e. The van der Waals surface area contributed by atoms with E-state index in [0.717, 1.165) is 29.0 Å². The second kappa shape index (κ2) is 6.87. The number of nitrogens with one attached hydrogen (secondary N) is 2. The van der Waals surface area contributed by atoms with E-state index in [4.69, 9.17) is 0 Å². The van der Waals surface area contributed by atoms with E-state index >= 15 is 0 Å². The molecule has 132 valence electrons. The van der Waals surface area contributed by atoms with Crippen LogP contribution in [0.25, 0.3) is 11.0 Å². The van der Waals surface area contributed by atoms with E-state index in [-0.39, 0.29) is 0 Å². The molecule has 0 spiro atoms. The molecule has 0 aliphatic heterocycles. The lowest BCUT2D eigenvalue weighted by Gasteiger charge is -2.13. The number of benzene rings is 1. The summed E-state index contributed by atoms with van der Waals surface area (Å²) >= 11 is 0. The van der Waals surface area contributed by atoms with Crippen molar-refractivity contribution in [2.24, 2.45) is 5.92 Å². The number of aromatic nitrogens is 3. The van der Waals surface area contributed by atoms with Crippen LogP contribution in [0.5, 0.6) is 0 Å². The van der Waals surface area contributed by atoms with E-state index in [9.17, 15) is 0 Å². The lowest BCUT2D eigenvalue weighted by Crippen LogP contribution is -2.01. The van der Waals surface area contributed by atoms with Crippen molar-refractivity contribution >= 4 is 22.5 Å². The van der Waals surface area contributed by atoms with Crippen molar-refractivity contribution < 1.29 is 0 Å². The minimum atomic E-state index is 0.411. The average molecular weight is 336 g/mol. The minimum Gasteiger partial charge on any atom is -0.343 e. The third-order valence-electron chi connectivity index (χ3n) is 4.67. The van der Waals surface area contributed by atoms with E-state index in [2.05, 4.69) is 80.0 Å². The molecular weight excluding hydrogens is 308 g/mol. The molecule has 0 aliphatic rings. The molecule has 0 saturated carbocycles. The van der Waals surface area contributed by atoms with Gasteiger partial charge in [-0.25, -0.2) is 9.97 Å². The number of aromatic amines is 1. The number of fused-ring (bicyclic) bond motifs is 1. The highest BCUT2D eigenvalue weighted by Gasteiger charge is 2.19. The zero-order chi connectivity index (χ0) is 18.1. The number of rotatable bonds is 5. The van der Waals surface area contributed by atoms with Crippen LogP contribution in [0, 0.1) is 19.8 Å². The van der Waals surface area contributed by atoms with Crippen molar-refractivity contribution in [1.82, 2.24) is 15.0 Å². The first-order valence-electron chi connectivity index (χ1n) is 9.06. The fourth-order valence-corrected chi connectivity index (χ4v) is 3.35. The monoisotopic (exact) mass is 336 g/mol. The molecule has 2 heterocycles. The molecule has 0 fully saturated rings. The topological polar surface area (TPSA) is 53.6 Å². The number of hydrogen-bond donors (Lipinski definition) is 2. The summed E-state index contributed by atoms with van der Waals surface area (Å²) in [5.74, 6) is 1.88. The molecule has 3 rings (SSSR count). The van der Waals surface area contributed by atoms with Gasteiger partial charge in [0, 0.05) is 11.4 Å². The van der Waals surface area contributed by atoms with E-state index < -0.39 is 0 Å². The van der Waals surface area contributed by atoms with Gasteiger partial charge in [0.15, 0.2) is 0 Å². The van der Waals surface area contributed by atoms with Gasteiger partial charge in [-0.1, -0.05) is 33.8 Å². The van der Waals surface area contributed by atoms with Crippen molar-refractivity contribution in [3.8, 4) is 0 Å². The summed E-state index contributed by atoms with van der Waals surface area (Å²) in [6.45, 7) is 13.2. The zero-order valence-electron chi connectivity index (χ0n) is 16.1. The van der Waals surface area contributed by atoms with Gasteiger partial charge >= 0.3 is 0 Å². The van der Waals surface area contributed by atoms with Crippen molar-refractivity contribution in [3.05, 3.63) is 46.9 Å². The van der Waals surface area contributed by atoms with Gasteiger partial charge in [0.2, 0.25) is 0 Å². The molecule has 0 radical (unpaired) electrons. The van der Waals surface area contributed by atoms with Crippen LogP contribution in [0.3, 0.4) is 0 Å². The van der Waals surface area contributed by atoms with E-state index in [0.29, 0.717) is 11.8 Å². The first kappa shape index (κ1) is 17.5. The van der Waals surface area contributed by atoms with Gasteiger partial charge < -0.3 is 10.3 Å². The molecule has 0 atom stereocenters. The highest BCUT2D eigenvalue weighted by Crippen LogP contribution is 2.34. The third kappa shape index (κ3) is 3.53. The van der Waals surface area contributed by atoms with Crippen molar-refractivity contribution in [1.29, 1.82) is 0 Å². The molecule has 4 nitrogen and oxygen atoms in total. The standard InChI is InChI=1S/C21H28N4/c1-12(2)9-17-18(13(3)4)19-20(22-11-23-21(19)25-17)24-16-8-7-14(5)15(6)10-16/h7-8,10-13H,9H2,1-6H3,(H2,22,23,24,25). The molecule has 3 aromatic rings. The number of anilines is 2. The Balaban J connectivity index is 2.11. The van der Waals surface area contributed by atoms with Crippen LogP contribution in [0.4, 0.5) is 11.5 Å². The van der Waals surface area contributed by atoms with Crippen molar-refractivity contribution in [3.63, 3.8) is 0 Å². The molecule has 0 bridgehead atoms. The molecule has 0 amide bonds. The lowest BCUT2D eigenvalue weighted by molar-refractivity contribution is 0.630. The molecule has 0 aliphatic carbocycles. The predicted molar refractivity (Wildman–Crippen MR) is 106 cm³/mol. The Morgan fingerprint density at radius 1 is 1.04 bits per heavy atom. The highest BCUT2D eigenvalue weighted by atomic mass is 15.0. The van der Waals surface area contributed by atoms with Gasteiger partial charge in [0.1, 0.15) is 17.8 Å². The Hall–Kier alpha value is -2.36. The summed E-state index contributed by atoms with van der Waals surface area (Å²) in [5, 5.41) is 4.62. The van der Waals surface area contributed by atoms with Crippen LogP contribution >= 0.6 is 0 Å². The lowest BCUT2D eigenvalue weighted by atomic mass is 9.96. The molecule has 0 saturated heterocycles. The normalized spacial score (nSPS) is 11.7. The molecule has 2 N–H and O–H groups in total. The number of hydrogen-bond acceptors (Lipinski definition) is 3. The van der Waals surface area contributed by atoms with Crippen LogP contribution in [-0.2, 0) is 6.42 Å². The predicted octanol–water partition coefficient (Wildman–Crippen LogP) is 5.64. The Bertz CT molecular complexity index is 890. The van der Waals surface area contributed by atoms with Gasteiger partial charge in [-0.2, -0.15) is 0 Å². The maximum atomic E-state index is 4.55. The second-order valence-corrected chi connectivity index (χ2v) is 7.64. The van der Waals surface area contributed by atoms with Crippen LogP contribution in [0.15, 0.2) is 24.5 Å². The zero-order valence-corrected chi connectivity index (χ0v) is 16.1. The summed E-state index contributed by atoms with van der Waals surface area (Å²) in [5.41, 5.74) is 7.15. The fourth-order valence-electron chi connectivity index (χ4n) is 3.35. The van der Waals surface area contributed by atoms with Crippen LogP contribution in [-0.4, -0.2) is 15.0 Å². The molecule has 2 aromatic heterocycles. The van der Waals surface area contributed by atoms with E-state index in [1.165, 1.54) is 22.4 Å². The van der Waals surface area contributed by atoms with Gasteiger partial charge in [-0.15, -0.1) is 0 Å². The minimum absolute atomic E-state index is 0.411. The quantitative estimate of drug-likeness (QED) is 0.634. The Labute approximate surface area is 150 Å². The summed E-state index contributed by atoms with van der Waals surface area (Å²) < 4.78 is 0.